The maximum atomic E-state index is 12.8. The number of anilines is 2. The van der Waals surface area contributed by atoms with Gasteiger partial charge >= 0.3 is 6.18 Å². The number of alkyl halides is 3. The van der Waals surface area contributed by atoms with Crippen molar-refractivity contribution in [3.63, 3.8) is 0 Å². The van der Waals surface area contributed by atoms with Crippen molar-refractivity contribution in [3.8, 4) is 5.88 Å². The molecule has 2 aromatic heterocycles. The third kappa shape index (κ3) is 7.32. The van der Waals surface area contributed by atoms with Gasteiger partial charge in [0, 0.05) is 48.9 Å². The van der Waals surface area contributed by atoms with Gasteiger partial charge in [-0.3, -0.25) is 9.59 Å². The number of hydrogen-bond donors (Lipinski definition) is 2. The van der Waals surface area contributed by atoms with Crippen molar-refractivity contribution in [1.82, 2.24) is 15.3 Å². The second kappa shape index (κ2) is 11.2. The summed E-state index contributed by atoms with van der Waals surface area (Å²) >= 11 is 0. The van der Waals surface area contributed by atoms with Crippen LogP contribution in [0.15, 0.2) is 24.3 Å². The standard InChI is InChI=1S/C23H28F3N5O3/c1-3-19(32)29-18-12-17(11-15(2)28-18)22(33)27-13-16-7-8-20(34-14-23(24,25)26)30-21(16)31-9-5-4-6-10-31/h7-8,11-12H,3-6,9-10,13-14H2,1-2H3,(H,27,33)(H,28,29,32). The SMILES string of the molecule is CCC(=O)Nc1cc(C(=O)NCc2ccc(OCC(F)(F)F)nc2N2CCCCC2)cc(C)n1. The van der Waals surface area contributed by atoms with E-state index >= 15 is 0 Å². The molecule has 2 aromatic rings. The molecule has 1 aliphatic rings. The number of hydrogen-bond acceptors (Lipinski definition) is 6. The zero-order valence-electron chi connectivity index (χ0n) is 19.2. The number of aryl methyl sites for hydroxylation is 1. The van der Waals surface area contributed by atoms with Crippen LogP contribution in [-0.2, 0) is 11.3 Å². The third-order valence-electron chi connectivity index (χ3n) is 5.21. The molecule has 1 aliphatic heterocycles. The second-order valence-electron chi connectivity index (χ2n) is 8.05. The van der Waals surface area contributed by atoms with Gasteiger partial charge < -0.3 is 20.3 Å². The Morgan fingerprint density at radius 2 is 1.85 bits per heavy atom. The quantitative estimate of drug-likeness (QED) is 0.594. The van der Waals surface area contributed by atoms with E-state index in [0.29, 0.717) is 28.5 Å². The molecule has 0 bridgehead atoms. The van der Waals surface area contributed by atoms with E-state index in [2.05, 4.69) is 20.6 Å². The summed E-state index contributed by atoms with van der Waals surface area (Å²) in [5.41, 5.74) is 1.57. The number of carbonyl (C=O) groups excluding carboxylic acids is 2. The van der Waals surface area contributed by atoms with Crippen molar-refractivity contribution in [1.29, 1.82) is 0 Å². The van der Waals surface area contributed by atoms with Crippen LogP contribution in [0.2, 0.25) is 0 Å². The fraction of sp³-hybridized carbons (Fsp3) is 0.478. The molecular formula is C23H28F3N5O3. The van der Waals surface area contributed by atoms with Crippen LogP contribution in [-0.4, -0.2) is 47.7 Å². The molecule has 3 heterocycles. The second-order valence-corrected chi connectivity index (χ2v) is 8.05. The molecule has 2 N–H and O–H groups in total. The summed E-state index contributed by atoms with van der Waals surface area (Å²) in [7, 11) is 0. The molecule has 3 rings (SSSR count). The summed E-state index contributed by atoms with van der Waals surface area (Å²) in [6.45, 7) is 3.58. The molecule has 8 nitrogen and oxygen atoms in total. The molecule has 184 valence electrons. The zero-order valence-corrected chi connectivity index (χ0v) is 19.2. The Bertz CT molecular complexity index is 1020. The van der Waals surface area contributed by atoms with Gasteiger partial charge in [-0.15, -0.1) is 0 Å². The fourth-order valence-corrected chi connectivity index (χ4v) is 3.59. The molecular weight excluding hydrogens is 451 g/mol. The monoisotopic (exact) mass is 479 g/mol. The van der Waals surface area contributed by atoms with Crippen molar-refractivity contribution in [3.05, 3.63) is 41.1 Å². The first kappa shape index (κ1) is 25.3. The summed E-state index contributed by atoms with van der Waals surface area (Å²) in [4.78, 5) is 35.0. The van der Waals surface area contributed by atoms with Crippen molar-refractivity contribution in [2.24, 2.45) is 0 Å². The number of rotatable bonds is 8. The highest BCUT2D eigenvalue weighted by Crippen LogP contribution is 2.26. The maximum absolute atomic E-state index is 12.8. The van der Waals surface area contributed by atoms with E-state index < -0.39 is 12.8 Å². The first-order valence-electron chi connectivity index (χ1n) is 11.2. The summed E-state index contributed by atoms with van der Waals surface area (Å²) in [6, 6.07) is 6.09. The molecule has 11 heteroatoms. The minimum atomic E-state index is -4.46. The molecule has 2 amide bonds. The van der Waals surface area contributed by atoms with Gasteiger partial charge in [0.1, 0.15) is 11.6 Å². The van der Waals surface area contributed by atoms with Crippen LogP contribution in [0.4, 0.5) is 24.8 Å². The molecule has 0 spiro atoms. The summed E-state index contributed by atoms with van der Waals surface area (Å²) in [6.07, 6.45) is -1.21. The van der Waals surface area contributed by atoms with Crippen LogP contribution in [0.3, 0.4) is 0 Å². The Morgan fingerprint density at radius 3 is 2.53 bits per heavy atom. The van der Waals surface area contributed by atoms with Crippen molar-refractivity contribution < 1.29 is 27.5 Å². The number of nitrogens with one attached hydrogen (secondary N) is 2. The molecule has 0 saturated carbocycles. The van der Waals surface area contributed by atoms with Crippen LogP contribution in [0.25, 0.3) is 0 Å². The predicted octanol–water partition coefficient (Wildman–Crippen LogP) is 3.99. The molecule has 0 aliphatic carbocycles. The molecule has 34 heavy (non-hydrogen) atoms. The number of carbonyl (C=O) groups is 2. The minimum absolute atomic E-state index is 0.117. The summed E-state index contributed by atoms with van der Waals surface area (Å²) < 4.78 is 42.5. The van der Waals surface area contributed by atoms with Gasteiger partial charge in [0.2, 0.25) is 11.8 Å². The number of piperidine rings is 1. The lowest BCUT2D eigenvalue weighted by molar-refractivity contribution is -0.154. The van der Waals surface area contributed by atoms with E-state index in [0.717, 1.165) is 32.4 Å². The van der Waals surface area contributed by atoms with Crippen molar-refractivity contribution in [2.45, 2.75) is 52.3 Å². The van der Waals surface area contributed by atoms with E-state index in [1.807, 2.05) is 4.90 Å². The number of pyridine rings is 2. The first-order valence-corrected chi connectivity index (χ1v) is 11.2. The average Bonchev–Trinajstić information content (AvgIpc) is 2.81. The lowest BCUT2D eigenvalue weighted by atomic mass is 10.1. The lowest BCUT2D eigenvalue weighted by Gasteiger charge is -2.29. The Balaban J connectivity index is 1.76. The van der Waals surface area contributed by atoms with E-state index in [4.69, 9.17) is 4.74 Å². The number of nitrogens with zero attached hydrogens (tertiary/aromatic N) is 3. The normalized spacial score (nSPS) is 14.0. The van der Waals surface area contributed by atoms with Crippen LogP contribution < -0.4 is 20.3 Å². The highest BCUT2D eigenvalue weighted by atomic mass is 19.4. The van der Waals surface area contributed by atoms with E-state index in [1.165, 1.54) is 12.1 Å². The molecule has 1 fully saturated rings. The Labute approximate surface area is 195 Å². The number of aromatic nitrogens is 2. The van der Waals surface area contributed by atoms with E-state index in [1.54, 1.807) is 26.0 Å². The van der Waals surface area contributed by atoms with Gasteiger partial charge in [-0.05, 0) is 44.4 Å². The summed E-state index contributed by atoms with van der Waals surface area (Å²) in [5, 5.41) is 5.47. The number of halogens is 3. The minimum Gasteiger partial charge on any atom is -0.468 e. The number of amides is 2. The zero-order chi connectivity index (χ0) is 24.7. The van der Waals surface area contributed by atoms with Gasteiger partial charge in [0.25, 0.3) is 5.91 Å². The van der Waals surface area contributed by atoms with Gasteiger partial charge in [0.15, 0.2) is 6.61 Å². The smallest absolute Gasteiger partial charge is 0.422 e. The topological polar surface area (TPSA) is 96.5 Å². The van der Waals surface area contributed by atoms with Gasteiger partial charge in [-0.25, -0.2) is 4.98 Å². The maximum Gasteiger partial charge on any atom is 0.422 e. The van der Waals surface area contributed by atoms with Crippen molar-refractivity contribution in [2.75, 3.05) is 29.9 Å². The third-order valence-corrected chi connectivity index (χ3v) is 5.21. The fourth-order valence-electron chi connectivity index (χ4n) is 3.59. The number of ether oxygens (including phenoxy) is 1. The van der Waals surface area contributed by atoms with Crippen LogP contribution >= 0.6 is 0 Å². The predicted molar refractivity (Wildman–Crippen MR) is 121 cm³/mol. The van der Waals surface area contributed by atoms with E-state index in [9.17, 15) is 22.8 Å². The van der Waals surface area contributed by atoms with Crippen molar-refractivity contribution >= 4 is 23.5 Å². The molecule has 0 radical (unpaired) electrons. The van der Waals surface area contributed by atoms with Gasteiger partial charge in [0.05, 0.1) is 0 Å². The molecule has 0 aromatic carbocycles. The lowest BCUT2D eigenvalue weighted by Crippen LogP contribution is -2.32. The highest BCUT2D eigenvalue weighted by Gasteiger charge is 2.29. The van der Waals surface area contributed by atoms with Crippen LogP contribution in [0, 0.1) is 6.92 Å². The van der Waals surface area contributed by atoms with Gasteiger partial charge in [-0.1, -0.05) is 6.92 Å². The first-order chi connectivity index (χ1) is 16.1. The Hall–Kier alpha value is -3.37. The molecule has 1 saturated heterocycles. The van der Waals surface area contributed by atoms with Crippen LogP contribution in [0.5, 0.6) is 5.88 Å². The Morgan fingerprint density at radius 1 is 1.12 bits per heavy atom. The molecule has 0 unspecified atom stereocenters. The largest absolute Gasteiger partial charge is 0.468 e. The summed E-state index contributed by atoms with van der Waals surface area (Å²) in [5.74, 6) is 0.0865. The highest BCUT2D eigenvalue weighted by molar-refractivity contribution is 5.96. The van der Waals surface area contributed by atoms with Crippen LogP contribution in [0.1, 0.15) is 54.2 Å². The van der Waals surface area contributed by atoms with E-state index in [-0.39, 0.29) is 30.7 Å². The van der Waals surface area contributed by atoms with Gasteiger partial charge in [-0.2, -0.15) is 18.2 Å². The Kier molecular flexibility index (Phi) is 8.30. The average molecular weight is 480 g/mol. The molecule has 0 atom stereocenters.